The summed E-state index contributed by atoms with van der Waals surface area (Å²) in [4.78, 5) is 21.1. The predicted molar refractivity (Wildman–Crippen MR) is 51.7 cm³/mol. The predicted octanol–water partition coefficient (Wildman–Crippen LogP) is -0.802. The fraction of sp³-hybridized carbons (Fsp3) is 0.750. The molecule has 0 rings (SSSR count). The van der Waals surface area contributed by atoms with Gasteiger partial charge >= 0.3 is 6.03 Å². The summed E-state index contributed by atoms with van der Waals surface area (Å²) in [5.74, 6) is -0.413. The standard InChI is InChI=1S/C8H17N3O3/c1-14-5-3-2-4-10-6-7(12)11-8(9)13/h10H,2-6H2,1H3,(H3,9,11,12,13). The van der Waals surface area contributed by atoms with E-state index in [4.69, 9.17) is 10.5 Å². The van der Waals surface area contributed by atoms with E-state index in [0.29, 0.717) is 0 Å². The Morgan fingerprint density at radius 2 is 2.07 bits per heavy atom. The summed E-state index contributed by atoms with van der Waals surface area (Å²) in [5.41, 5.74) is 4.75. The maximum absolute atomic E-state index is 10.8. The van der Waals surface area contributed by atoms with Crippen molar-refractivity contribution in [2.45, 2.75) is 12.8 Å². The topological polar surface area (TPSA) is 93.4 Å². The number of hydrogen-bond donors (Lipinski definition) is 3. The number of ether oxygens (including phenoxy) is 1. The highest BCUT2D eigenvalue weighted by Gasteiger charge is 2.01. The van der Waals surface area contributed by atoms with Crippen molar-refractivity contribution in [3.8, 4) is 0 Å². The molecular formula is C8H17N3O3. The number of carbonyl (C=O) groups is 2. The highest BCUT2D eigenvalue weighted by atomic mass is 16.5. The Bertz CT molecular complexity index is 185. The molecule has 0 aromatic rings. The molecule has 0 aromatic carbocycles. The first-order chi connectivity index (χ1) is 6.66. The quantitative estimate of drug-likeness (QED) is 0.472. The summed E-state index contributed by atoms with van der Waals surface area (Å²) in [5, 5.41) is 4.83. The SMILES string of the molecule is COCCCCNCC(=O)NC(N)=O. The molecule has 0 aromatic heterocycles. The van der Waals surface area contributed by atoms with Crippen molar-refractivity contribution in [3.63, 3.8) is 0 Å². The van der Waals surface area contributed by atoms with Crippen molar-refractivity contribution in [2.24, 2.45) is 5.73 Å². The molecular weight excluding hydrogens is 186 g/mol. The van der Waals surface area contributed by atoms with Gasteiger partial charge in [-0.05, 0) is 19.4 Å². The van der Waals surface area contributed by atoms with E-state index >= 15 is 0 Å². The van der Waals surface area contributed by atoms with Crippen molar-refractivity contribution >= 4 is 11.9 Å². The summed E-state index contributed by atoms with van der Waals surface area (Å²) >= 11 is 0. The van der Waals surface area contributed by atoms with E-state index in [1.165, 1.54) is 0 Å². The normalized spacial score (nSPS) is 9.79. The maximum Gasteiger partial charge on any atom is 0.318 e. The molecule has 14 heavy (non-hydrogen) atoms. The molecule has 0 bridgehead atoms. The van der Waals surface area contributed by atoms with E-state index in [1.54, 1.807) is 7.11 Å². The molecule has 0 aliphatic rings. The number of urea groups is 1. The molecule has 0 spiro atoms. The van der Waals surface area contributed by atoms with Gasteiger partial charge in [-0.25, -0.2) is 4.79 Å². The largest absolute Gasteiger partial charge is 0.385 e. The van der Waals surface area contributed by atoms with Gasteiger partial charge < -0.3 is 15.8 Å². The van der Waals surface area contributed by atoms with Crippen LogP contribution < -0.4 is 16.4 Å². The lowest BCUT2D eigenvalue weighted by Crippen LogP contribution is -2.40. The molecule has 82 valence electrons. The van der Waals surface area contributed by atoms with Crippen LogP contribution >= 0.6 is 0 Å². The number of carbonyl (C=O) groups excluding carboxylic acids is 2. The number of imide groups is 1. The van der Waals surface area contributed by atoms with E-state index in [-0.39, 0.29) is 6.54 Å². The first-order valence-corrected chi connectivity index (χ1v) is 4.45. The Morgan fingerprint density at radius 3 is 2.64 bits per heavy atom. The number of methoxy groups -OCH3 is 1. The summed E-state index contributed by atoms with van der Waals surface area (Å²) in [7, 11) is 1.65. The molecule has 0 heterocycles. The van der Waals surface area contributed by atoms with E-state index in [1.807, 2.05) is 5.32 Å². The van der Waals surface area contributed by atoms with E-state index in [9.17, 15) is 9.59 Å². The fourth-order valence-electron chi connectivity index (χ4n) is 0.880. The maximum atomic E-state index is 10.8. The van der Waals surface area contributed by atoms with E-state index < -0.39 is 11.9 Å². The van der Waals surface area contributed by atoms with E-state index in [2.05, 4.69) is 5.32 Å². The Balaban J connectivity index is 3.19. The molecule has 4 N–H and O–H groups in total. The highest BCUT2D eigenvalue weighted by Crippen LogP contribution is 1.85. The fourth-order valence-corrected chi connectivity index (χ4v) is 0.880. The Kier molecular flexibility index (Phi) is 7.77. The number of amides is 3. The zero-order valence-electron chi connectivity index (χ0n) is 8.34. The van der Waals surface area contributed by atoms with Crippen LogP contribution in [0.15, 0.2) is 0 Å². The second-order valence-electron chi connectivity index (χ2n) is 2.79. The first kappa shape index (κ1) is 12.9. The van der Waals surface area contributed by atoms with Crippen LogP contribution in [0, 0.1) is 0 Å². The van der Waals surface area contributed by atoms with Crippen molar-refractivity contribution < 1.29 is 14.3 Å². The van der Waals surface area contributed by atoms with Crippen LogP contribution in [0.4, 0.5) is 4.79 Å². The van der Waals surface area contributed by atoms with Gasteiger partial charge in [-0.3, -0.25) is 10.1 Å². The van der Waals surface area contributed by atoms with Gasteiger partial charge in [0.05, 0.1) is 6.54 Å². The second kappa shape index (κ2) is 8.46. The number of nitrogens with two attached hydrogens (primary N) is 1. The smallest absolute Gasteiger partial charge is 0.318 e. The number of hydrogen-bond acceptors (Lipinski definition) is 4. The number of rotatable bonds is 7. The number of nitrogens with one attached hydrogen (secondary N) is 2. The van der Waals surface area contributed by atoms with Gasteiger partial charge in [0.25, 0.3) is 0 Å². The molecule has 0 aliphatic heterocycles. The van der Waals surface area contributed by atoms with Crippen molar-refractivity contribution in [1.29, 1.82) is 0 Å². The van der Waals surface area contributed by atoms with Crippen LogP contribution in [0.5, 0.6) is 0 Å². The minimum Gasteiger partial charge on any atom is -0.385 e. The van der Waals surface area contributed by atoms with Crippen LogP contribution in [0.1, 0.15) is 12.8 Å². The lowest BCUT2D eigenvalue weighted by atomic mass is 10.3. The minimum atomic E-state index is -0.823. The van der Waals surface area contributed by atoms with Crippen molar-refractivity contribution in [2.75, 3.05) is 26.8 Å². The highest BCUT2D eigenvalue weighted by molar-refractivity contribution is 5.94. The molecule has 6 nitrogen and oxygen atoms in total. The van der Waals surface area contributed by atoms with Crippen molar-refractivity contribution in [1.82, 2.24) is 10.6 Å². The third-order valence-electron chi connectivity index (χ3n) is 1.50. The number of unbranched alkanes of at least 4 members (excludes halogenated alkanes) is 1. The molecule has 0 radical (unpaired) electrons. The summed E-state index contributed by atoms with van der Waals surface area (Å²) in [6.07, 6.45) is 1.87. The third-order valence-corrected chi connectivity index (χ3v) is 1.50. The monoisotopic (exact) mass is 203 g/mol. The second-order valence-corrected chi connectivity index (χ2v) is 2.79. The minimum absolute atomic E-state index is 0.107. The zero-order valence-corrected chi connectivity index (χ0v) is 8.34. The van der Waals surface area contributed by atoms with Gasteiger partial charge in [0, 0.05) is 13.7 Å². The van der Waals surface area contributed by atoms with Crippen LogP contribution in [0.2, 0.25) is 0 Å². The molecule has 0 saturated carbocycles. The van der Waals surface area contributed by atoms with Crippen molar-refractivity contribution in [3.05, 3.63) is 0 Å². The molecule has 6 heteroatoms. The molecule has 0 saturated heterocycles. The Labute approximate surface area is 83.2 Å². The molecule has 0 atom stereocenters. The molecule has 3 amide bonds. The summed E-state index contributed by atoms with van der Waals surface area (Å²) in [6, 6.07) is -0.823. The lowest BCUT2D eigenvalue weighted by Gasteiger charge is -2.03. The Hall–Kier alpha value is -1.14. The molecule has 0 unspecified atom stereocenters. The number of primary amides is 1. The van der Waals surface area contributed by atoms with Gasteiger partial charge in [0.2, 0.25) is 5.91 Å². The van der Waals surface area contributed by atoms with Gasteiger partial charge in [-0.1, -0.05) is 0 Å². The van der Waals surface area contributed by atoms with Crippen LogP contribution in [0.3, 0.4) is 0 Å². The van der Waals surface area contributed by atoms with Gasteiger partial charge in [0.1, 0.15) is 0 Å². The van der Waals surface area contributed by atoms with Gasteiger partial charge in [0.15, 0.2) is 0 Å². The molecule has 0 fully saturated rings. The van der Waals surface area contributed by atoms with E-state index in [0.717, 1.165) is 26.0 Å². The van der Waals surface area contributed by atoms with Crippen LogP contribution in [0.25, 0.3) is 0 Å². The van der Waals surface area contributed by atoms with Gasteiger partial charge in [-0.15, -0.1) is 0 Å². The Morgan fingerprint density at radius 1 is 1.36 bits per heavy atom. The summed E-state index contributed by atoms with van der Waals surface area (Å²) in [6.45, 7) is 1.54. The van der Waals surface area contributed by atoms with Crippen LogP contribution in [-0.2, 0) is 9.53 Å². The average molecular weight is 203 g/mol. The molecule has 0 aliphatic carbocycles. The van der Waals surface area contributed by atoms with Crippen LogP contribution in [-0.4, -0.2) is 38.7 Å². The lowest BCUT2D eigenvalue weighted by molar-refractivity contribution is -0.119. The average Bonchev–Trinajstić information content (AvgIpc) is 2.10. The zero-order chi connectivity index (χ0) is 10.8. The summed E-state index contributed by atoms with van der Waals surface area (Å²) < 4.78 is 4.85. The third kappa shape index (κ3) is 8.95. The first-order valence-electron chi connectivity index (χ1n) is 4.45. The van der Waals surface area contributed by atoms with Gasteiger partial charge in [-0.2, -0.15) is 0 Å².